The Labute approximate surface area is 95.5 Å². The second-order valence-electron chi connectivity index (χ2n) is 3.97. The fourth-order valence-electron chi connectivity index (χ4n) is 2.00. The van der Waals surface area contributed by atoms with Gasteiger partial charge < -0.3 is 5.32 Å². The number of hydrogen-bond acceptors (Lipinski definition) is 2. The van der Waals surface area contributed by atoms with Crippen molar-refractivity contribution < 1.29 is 4.79 Å². The van der Waals surface area contributed by atoms with Crippen LogP contribution in [-0.2, 0) is 0 Å². The van der Waals surface area contributed by atoms with Gasteiger partial charge in [0.15, 0.2) is 0 Å². The predicted octanol–water partition coefficient (Wildman–Crippen LogP) is 2.65. The van der Waals surface area contributed by atoms with E-state index >= 15 is 0 Å². The zero-order valence-corrected chi connectivity index (χ0v) is 9.47. The number of hydrogen-bond donors (Lipinski definition) is 2. The van der Waals surface area contributed by atoms with Crippen LogP contribution < -0.4 is 5.32 Å². The quantitative estimate of drug-likeness (QED) is 0.739. The van der Waals surface area contributed by atoms with Crippen LogP contribution in [0.3, 0.4) is 0 Å². The fourth-order valence-corrected chi connectivity index (χ4v) is 2.26. The number of thiol groups is 1. The average Bonchev–Trinajstić information content (AvgIpc) is 2.71. The van der Waals surface area contributed by atoms with E-state index in [2.05, 4.69) is 17.9 Å². The zero-order chi connectivity index (χ0) is 10.7. The summed E-state index contributed by atoms with van der Waals surface area (Å²) in [6, 6.07) is 7.77. The molecular formula is C12H15NOS. The summed E-state index contributed by atoms with van der Waals surface area (Å²) >= 11 is 4.27. The first-order chi connectivity index (χ1) is 7.27. The van der Waals surface area contributed by atoms with Gasteiger partial charge in [-0.05, 0) is 25.0 Å². The summed E-state index contributed by atoms with van der Waals surface area (Å²) in [6.45, 7) is 0. The molecule has 1 aliphatic rings. The van der Waals surface area contributed by atoms with Gasteiger partial charge in [0.2, 0.25) is 0 Å². The molecule has 1 aliphatic carbocycles. The van der Waals surface area contributed by atoms with Crippen molar-refractivity contribution in [2.45, 2.75) is 36.6 Å². The van der Waals surface area contributed by atoms with Gasteiger partial charge in [-0.15, -0.1) is 12.6 Å². The van der Waals surface area contributed by atoms with Crippen molar-refractivity contribution in [3.8, 4) is 0 Å². The van der Waals surface area contributed by atoms with E-state index in [0.717, 1.165) is 17.7 Å². The van der Waals surface area contributed by atoms with E-state index in [1.165, 1.54) is 12.8 Å². The zero-order valence-electron chi connectivity index (χ0n) is 8.57. The Bertz CT molecular complexity index is 358. The summed E-state index contributed by atoms with van der Waals surface area (Å²) in [5.74, 6) is 0.00694. The van der Waals surface area contributed by atoms with E-state index in [1.807, 2.05) is 24.3 Å². The van der Waals surface area contributed by atoms with Crippen LogP contribution in [0.5, 0.6) is 0 Å². The van der Waals surface area contributed by atoms with Crippen molar-refractivity contribution in [2.75, 3.05) is 0 Å². The molecule has 2 rings (SSSR count). The highest BCUT2D eigenvalue weighted by atomic mass is 32.1. The summed E-state index contributed by atoms with van der Waals surface area (Å²) in [4.78, 5) is 12.6. The molecule has 80 valence electrons. The molecule has 1 fully saturated rings. The lowest BCUT2D eigenvalue weighted by Gasteiger charge is -2.12. The van der Waals surface area contributed by atoms with Gasteiger partial charge in [0.05, 0.1) is 5.56 Å². The van der Waals surface area contributed by atoms with Crippen LogP contribution in [0.4, 0.5) is 0 Å². The Balaban J connectivity index is 2.04. The molecule has 0 unspecified atom stereocenters. The largest absolute Gasteiger partial charge is 0.349 e. The lowest BCUT2D eigenvalue weighted by atomic mass is 10.2. The second kappa shape index (κ2) is 4.71. The Morgan fingerprint density at radius 1 is 1.27 bits per heavy atom. The van der Waals surface area contributed by atoms with Crippen LogP contribution in [0.1, 0.15) is 36.0 Å². The maximum atomic E-state index is 11.9. The van der Waals surface area contributed by atoms with Gasteiger partial charge in [0.25, 0.3) is 5.91 Å². The van der Waals surface area contributed by atoms with E-state index in [0.29, 0.717) is 11.6 Å². The molecule has 0 bridgehead atoms. The summed E-state index contributed by atoms with van der Waals surface area (Å²) < 4.78 is 0. The number of amides is 1. The minimum Gasteiger partial charge on any atom is -0.349 e. The van der Waals surface area contributed by atoms with Crippen molar-refractivity contribution >= 4 is 18.5 Å². The lowest BCUT2D eigenvalue weighted by molar-refractivity contribution is 0.0935. The molecule has 0 spiro atoms. The predicted molar refractivity (Wildman–Crippen MR) is 63.4 cm³/mol. The Morgan fingerprint density at radius 2 is 1.93 bits per heavy atom. The van der Waals surface area contributed by atoms with Crippen LogP contribution in [0.25, 0.3) is 0 Å². The van der Waals surface area contributed by atoms with E-state index in [9.17, 15) is 4.79 Å². The minimum atomic E-state index is 0.00694. The molecule has 15 heavy (non-hydrogen) atoms. The van der Waals surface area contributed by atoms with Crippen LogP contribution in [0.15, 0.2) is 29.2 Å². The smallest absolute Gasteiger partial charge is 0.252 e. The summed E-state index contributed by atoms with van der Waals surface area (Å²) in [5, 5.41) is 3.05. The monoisotopic (exact) mass is 221 g/mol. The van der Waals surface area contributed by atoms with Crippen molar-refractivity contribution in [2.24, 2.45) is 0 Å². The van der Waals surface area contributed by atoms with Gasteiger partial charge >= 0.3 is 0 Å². The second-order valence-corrected chi connectivity index (χ2v) is 4.45. The lowest BCUT2D eigenvalue weighted by Crippen LogP contribution is -2.32. The van der Waals surface area contributed by atoms with Crippen LogP contribution >= 0.6 is 12.6 Å². The molecule has 1 amide bonds. The standard InChI is InChI=1S/C12H15NOS/c14-12(13-9-5-1-2-6-9)10-7-3-4-8-11(10)15/h3-4,7-9,15H,1-2,5-6H2,(H,13,14). The molecular weight excluding hydrogens is 206 g/mol. The highest BCUT2D eigenvalue weighted by molar-refractivity contribution is 7.80. The number of carbonyl (C=O) groups excluding carboxylic acids is 1. The number of rotatable bonds is 2. The first kappa shape index (κ1) is 10.6. The third-order valence-corrected chi connectivity index (χ3v) is 3.23. The van der Waals surface area contributed by atoms with Crippen LogP contribution in [0.2, 0.25) is 0 Å². The van der Waals surface area contributed by atoms with E-state index in [4.69, 9.17) is 0 Å². The molecule has 0 aromatic heterocycles. The Kier molecular flexibility index (Phi) is 3.31. The topological polar surface area (TPSA) is 29.1 Å². The molecule has 0 heterocycles. The third kappa shape index (κ3) is 2.53. The van der Waals surface area contributed by atoms with E-state index in [-0.39, 0.29) is 5.91 Å². The van der Waals surface area contributed by atoms with E-state index < -0.39 is 0 Å². The first-order valence-electron chi connectivity index (χ1n) is 5.36. The molecule has 1 aromatic rings. The third-order valence-electron chi connectivity index (χ3n) is 2.84. The molecule has 0 radical (unpaired) electrons. The number of benzene rings is 1. The van der Waals surface area contributed by atoms with Gasteiger partial charge in [0, 0.05) is 10.9 Å². The summed E-state index contributed by atoms with van der Waals surface area (Å²) in [6.07, 6.45) is 4.68. The molecule has 0 atom stereocenters. The van der Waals surface area contributed by atoms with Crippen molar-refractivity contribution in [1.82, 2.24) is 5.32 Å². The van der Waals surface area contributed by atoms with Gasteiger partial charge in [-0.2, -0.15) is 0 Å². The molecule has 1 saturated carbocycles. The van der Waals surface area contributed by atoms with Gasteiger partial charge in [-0.25, -0.2) is 0 Å². The minimum absolute atomic E-state index is 0.00694. The van der Waals surface area contributed by atoms with Gasteiger partial charge in [-0.3, -0.25) is 4.79 Å². The van der Waals surface area contributed by atoms with Crippen LogP contribution in [0, 0.1) is 0 Å². The molecule has 1 N–H and O–H groups in total. The molecule has 0 saturated heterocycles. The first-order valence-corrected chi connectivity index (χ1v) is 5.81. The number of carbonyl (C=O) groups is 1. The molecule has 2 nitrogen and oxygen atoms in total. The van der Waals surface area contributed by atoms with Gasteiger partial charge in [0.1, 0.15) is 0 Å². The van der Waals surface area contributed by atoms with Gasteiger partial charge in [-0.1, -0.05) is 25.0 Å². The maximum Gasteiger partial charge on any atom is 0.252 e. The summed E-state index contributed by atoms with van der Waals surface area (Å²) in [7, 11) is 0. The fraction of sp³-hybridized carbons (Fsp3) is 0.417. The average molecular weight is 221 g/mol. The Morgan fingerprint density at radius 3 is 2.60 bits per heavy atom. The molecule has 0 aliphatic heterocycles. The molecule has 1 aromatic carbocycles. The number of nitrogens with one attached hydrogen (secondary N) is 1. The van der Waals surface area contributed by atoms with Crippen LogP contribution in [-0.4, -0.2) is 11.9 Å². The van der Waals surface area contributed by atoms with Crippen molar-refractivity contribution in [3.05, 3.63) is 29.8 Å². The normalized spacial score (nSPS) is 16.6. The highest BCUT2D eigenvalue weighted by Crippen LogP contribution is 2.19. The SMILES string of the molecule is O=C(NC1CCCC1)c1ccccc1S. The highest BCUT2D eigenvalue weighted by Gasteiger charge is 2.18. The van der Waals surface area contributed by atoms with E-state index in [1.54, 1.807) is 0 Å². The Hall–Kier alpha value is -0.960. The molecule has 3 heteroatoms. The summed E-state index contributed by atoms with van der Waals surface area (Å²) in [5.41, 5.74) is 0.674. The van der Waals surface area contributed by atoms with Crippen molar-refractivity contribution in [3.63, 3.8) is 0 Å². The maximum absolute atomic E-state index is 11.9. The van der Waals surface area contributed by atoms with Crippen molar-refractivity contribution in [1.29, 1.82) is 0 Å².